The third kappa shape index (κ3) is 2.28. The van der Waals surface area contributed by atoms with E-state index in [1.54, 1.807) is 18.2 Å². The predicted octanol–water partition coefficient (Wildman–Crippen LogP) is 1.32. The highest BCUT2D eigenvalue weighted by Crippen LogP contribution is 2.26. The number of amides is 3. The highest BCUT2D eigenvalue weighted by Gasteiger charge is 2.37. The lowest BCUT2D eigenvalue weighted by atomic mass is 10.1. The minimum Gasteiger partial charge on any atom is -0.352 e. The van der Waals surface area contributed by atoms with Crippen molar-refractivity contribution < 1.29 is 14.4 Å². The van der Waals surface area contributed by atoms with E-state index in [-0.39, 0.29) is 18.5 Å². The minimum absolute atomic E-state index is 0.208. The Morgan fingerprint density at radius 1 is 1.26 bits per heavy atom. The number of imide groups is 1. The normalized spacial score (nSPS) is 17.6. The monoisotopic (exact) mass is 322 g/mol. The van der Waals surface area contributed by atoms with Crippen molar-refractivity contribution in [2.24, 2.45) is 0 Å². The van der Waals surface area contributed by atoms with Crippen molar-refractivity contribution in [1.82, 2.24) is 10.2 Å². The van der Waals surface area contributed by atoms with Gasteiger partial charge in [-0.1, -0.05) is 15.9 Å². The summed E-state index contributed by atoms with van der Waals surface area (Å²) in [6, 6.07) is 5.13. The van der Waals surface area contributed by atoms with E-state index in [0.717, 1.165) is 22.2 Å². The number of hydrogen-bond acceptors (Lipinski definition) is 3. The largest absolute Gasteiger partial charge is 0.352 e. The van der Waals surface area contributed by atoms with Crippen LogP contribution in [0.4, 0.5) is 0 Å². The van der Waals surface area contributed by atoms with E-state index in [2.05, 4.69) is 21.2 Å². The summed E-state index contributed by atoms with van der Waals surface area (Å²) < 4.78 is 0.733. The molecule has 1 fully saturated rings. The predicted molar refractivity (Wildman–Crippen MR) is 70.7 cm³/mol. The molecular weight excluding hydrogens is 312 g/mol. The fourth-order valence-electron chi connectivity index (χ4n) is 2.05. The Morgan fingerprint density at radius 2 is 1.95 bits per heavy atom. The van der Waals surface area contributed by atoms with Gasteiger partial charge < -0.3 is 5.32 Å². The number of fused-ring (bicyclic) bond motifs is 1. The van der Waals surface area contributed by atoms with Gasteiger partial charge in [0.2, 0.25) is 5.91 Å². The van der Waals surface area contributed by atoms with Gasteiger partial charge in [0.1, 0.15) is 6.54 Å². The van der Waals surface area contributed by atoms with Gasteiger partial charge >= 0.3 is 0 Å². The molecule has 1 aliphatic carbocycles. The lowest BCUT2D eigenvalue weighted by Gasteiger charge is -2.13. The fraction of sp³-hybridized carbons (Fsp3) is 0.308. The number of hydrogen-bond donors (Lipinski definition) is 1. The van der Waals surface area contributed by atoms with Crippen molar-refractivity contribution in [2.45, 2.75) is 18.9 Å². The van der Waals surface area contributed by atoms with E-state index in [1.165, 1.54) is 0 Å². The summed E-state index contributed by atoms with van der Waals surface area (Å²) in [6.07, 6.45) is 1.95. The molecule has 6 heteroatoms. The first-order valence-electron chi connectivity index (χ1n) is 6.01. The maximum atomic E-state index is 12.1. The van der Waals surface area contributed by atoms with Crippen molar-refractivity contribution in [3.8, 4) is 0 Å². The molecule has 1 N–H and O–H groups in total. The second kappa shape index (κ2) is 4.45. The average Bonchev–Trinajstić information content (AvgIpc) is 3.14. The second-order valence-electron chi connectivity index (χ2n) is 4.73. The number of rotatable bonds is 3. The molecule has 0 unspecified atom stereocenters. The molecule has 98 valence electrons. The number of nitrogens with zero attached hydrogens (tertiary/aromatic N) is 1. The van der Waals surface area contributed by atoms with Crippen LogP contribution in [-0.2, 0) is 4.79 Å². The molecule has 0 spiro atoms. The third-order valence-corrected chi connectivity index (χ3v) is 3.67. The molecule has 0 atom stereocenters. The standard InChI is InChI=1S/C13H11BrN2O3/c14-7-1-4-9-10(5-7)13(19)16(12(9)18)6-11(17)15-8-2-3-8/h1,4-5,8H,2-3,6H2,(H,15,17). The Hall–Kier alpha value is -1.69. The molecule has 1 saturated carbocycles. The topological polar surface area (TPSA) is 66.5 Å². The minimum atomic E-state index is -0.410. The van der Waals surface area contributed by atoms with Crippen molar-refractivity contribution in [3.63, 3.8) is 0 Å². The smallest absolute Gasteiger partial charge is 0.262 e. The maximum absolute atomic E-state index is 12.1. The molecule has 1 aromatic rings. The van der Waals surface area contributed by atoms with Gasteiger partial charge in [-0.25, -0.2) is 0 Å². The third-order valence-electron chi connectivity index (χ3n) is 3.18. The van der Waals surface area contributed by atoms with E-state index < -0.39 is 11.8 Å². The number of halogens is 1. The van der Waals surface area contributed by atoms with Gasteiger partial charge in [0.15, 0.2) is 0 Å². The Morgan fingerprint density at radius 3 is 2.63 bits per heavy atom. The van der Waals surface area contributed by atoms with Crippen LogP contribution in [0, 0.1) is 0 Å². The molecule has 0 bridgehead atoms. The van der Waals surface area contributed by atoms with Crippen LogP contribution in [0.5, 0.6) is 0 Å². The SMILES string of the molecule is O=C(CN1C(=O)c2ccc(Br)cc2C1=O)NC1CC1. The molecular formula is C13H11BrN2O3. The zero-order valence-electron chi connectivity index (χ0n) is 9.98. The fourth-order valence-corrected chi connectivity index (χ4v) is 2.41. The number of carbonyl (C=O) groups is 3. The summed E-state index contributed by atoms with van der Waals surface area (Å²) in [5.41, 5.74) is 0.700. The van der Waals surface area contributed by atoms with Gasteiger partial charge in [0.05, 0.1) is 11.1 Å². The first-order valence-corrected chi connectivity index (χ1v) is 6.80. The molecule has 1 aliphatic heterocycles. The van der Waals surface area contributed by atoms with E-state index in [1.807, 2.05) is 0 Å². The van der Waals surface area contributed by atoms with Crippen LogP contribution in [0.25, 0.3) is 0 Å². The van der Waals surface area contributed by atoms with Crippen molar-refractivity contribution >= 4 is 33.7 Å². The van der Waals surface area contributed by atoms with Crippen LogP contribution >= 0.6 is 15.9 Å². The van der Waals surface area contributed by atoms with Crippen LogP contribution in [0.15, 0.2) is 22.7 Å². The quantitative estimate of drug-likeness (QED) is 0.853. The van der Waals surface area contributed by atoms with Crippen molar-refractivity contribution in [1.29, 1.82) is 0 Å². The summed E-state index contributed by atoms with van der Waals surface area (Å²) >= 11 is 3.26. The van der Waals surface area contributed by atoms with Gasteiger partial charge in [-0.05, 0) is 31.0 Å². The van der Waals surface area contributed by atoms with E-state index in [9.17, 15) is 14.4 Å². The van der Waals surface area contributed by atoms with Gasteiger partial charge in [-0.3, -0.25) is 19.3 Å². The number of nitrogens with one attached hydrogen (secondary N) is 1. The maximum Gasteiger partial charge on any atom is 0.262 e. The van der Waals surface area contributed by atoms with Crippen molar-refractivity contribution in [2.75, 3.05) is 6.54 Å². The summed E-state index contributed by atoms with van der Waals surface area (Å²) in [4.78, 5) is 36.9. The molecule has 2 aliphatic rings. The molecule has 0 radical (unpaired) electrons. The summed E-state index contributed by atoms with van der Waals surface area (Å²) in [5.74, 6) is -1.10. The molecule has 3 rings (SSSR count). The Balaban J connectivity index is 1.79. The van der Waals surface area contributed by atoms with Crippen LogP contribution in [0.3, 0.4) is 0 Å². The zero-order valence-corrected chi connectivity index (χ0v) is 11.6. The molecule has 3 amide bonds. The molecule has 0 aromatic heterocycles. The Bertz CT molecular complexity index is 596. The van der Waals surface area contributed by atoms with E-state index >= 15 is 0 Å². The van der Waals surface area contributed by atoms with Gasteiger partial charge in [0, 0.05) is 10.5 Å². The van der Waals surface area contributed by atoms with E-state index in [4.69, 9.17) is 0 Å². The molecule has 0 saturated heterocycles. The van der Waals surface area contributed by atoms with Crippen LogP contribution in [-0.4, -0.2) is 35.2 Å². The lowest BCUT2D eigenvalue weighted by molar-refractivity contribution is -0.121. The molecule has 5 nitrogen and oxygen atoms in total. The van der Waals surface area contributed by atoms with Crippen molar-refractivity contribution in [3.05, 3.63) is 33.8 Å². The number of carbonyl (C=O) groups excluding carboxylic acids is 3. The summed E-state index contributed by atoms with van der Waals surface area (Å²) in [7, 11) is 0. The summed E-state index contributed by atoms with van der Waals surface area (Å²) in [6.45, 7) is -0.208. The zero-order chi connectivity index (χ0) is 13.6. The van der Waals surface area contributed by atoms with Gasteiger partial charge in [0.25, 0.3) is 11.8 Å². The first-order chi connectivity index (χ1) is 9.06. The molecule has 1 aromatic carbocycles. The Labute approximate surface area is 118 Å². The summed E-state index contributed by atoms with van der Waals surface area (Å²) in [5, 5.41) is 2.77. The first kappa shape index (κ1) is 12.3. The van der Waals surface area contributed by atoms with Gasteiger partial charge in [-0.15, -0.1) is 0 Å². The van der Waals surface area contributed by atoms with Gasteiger partial charge in [-0.2, -0.15) is 0 Å². The highest BCUT2D eigenvalue weighted by atomic mass is 79.9. The molecule has 19 heavy (non-hydrogen) atoms. The van der Waals surface area contributed by atoms with Crippen LogP contribution in [0.1, 0.15) is 33.6 Å². The van der Waals surface area contributed by atoms with Crippen LogP contribution < -0.4 is 5.32 Å². The molecule has 1 heterocycles. The average molecular weight is 323 g/mol. The second-order valence-corrected chi connectivity index (χ2v) is 5.64. The Kier molecular flexibility index (Phi) is 2.89. The lowest BCUT2D eigenvalue weighted by Crippen LogP contribution is -2.41. The number of benzene rings is 1. The highest BCUT2D eigenvalue weighted by molar-refractivity contribution is 9.10. The van der Waals surface area contributed by atoms with Crippen LogP contribution in [0.2, 0.25) is 0 Å². The van der Waals surface area contributed by atoms with E-state index in [0.29, 0.717) is 11.1 Å².